The van der Waals surface area contributed by atoms with Crippen LogP contribution in [0.3, 0.4) is 0 Å². The molecule has 0 spiro atoms. The maximum absolute atomic E-state index is 11.9. The summed E-state index contributed by atoms with van der Waals surface area (Å²) in [4.78, 5) is 22.0. The Morgan fingerprint density at radius 1 is 1.18 bits per heavy atom. The molecule has 22 heavy (non-hydrogen) atoms. The van der Waals surface area contributed by atoms with E-state index < -0.39 is 10.8 Å². The lowest BCUT2D eigenvalue weighted by molar-refractivity contribution is -0.385. The Bertz CT molecular complexity index is 758. The summed E-state index contributed by atoms with van der Waals surface area (Å²) in [5.41, 5.74) is 2.15. The number of carbonyl (C=O) groups is 1. The molecule has 2 aromatic carbocycles. The molecule has 0 radical (unpaired) electrons. The highest BCUT2D eigenvalue weighted by atomic mass is 16.6. The van der Waals surface area contributed by atoms with Gasteiger partial charge < -0.3 is 10.2 Å². The minimum absolute atomic E-state index is 0.113. The summed E-state index contributed by atoms with van der Waals surface area (Å²) in [5.74, 6) is -1.33. The summed E-state index contributed by atoms with van der Waals surface area (Å²) < 4.78 is 0. The van der Waals surface area contributed by atoms with Crippen LogP contribution in [0.1, 0.15) is 15.9 Å². The number of amides is 1. The van der Waals surface area contributed by atoms with E-state index >= 15 is 0 Å². The van der Waals surface area contributed by atoms with Crippen molar-refractivity contribution in [2.24, 2.45) is 5.10 Å². The van der Waals surface area contributed by atoms with E-state index in [-0.39, 0.29) is 22.7 Å². The van der Waals surface area contributed by atoms with Gasteiger partial charge in [0.1, 0.15) is 5.56 Å². The first-order chi connectivity index (χ1) is 10.5. The molecule has 0 unspecified atom stereocenters. The summed E-state index contributed by atoms with van der Waals surface area (Å²) >= 11 is 0. The summed E-state index contributed by atoms with van der Waals surface area (Å²) in [6, 6.07) is 9.47. The first-order valence-electron chi connectivity index (χ1n) is 6.08. The fourth-order valence-corrected chi connectivity index (χ4v) is 1.67. The van der Waals surface area contributed by atoms with Gasteiger partial charge in [-0.15, -0.1) is 0 Å². The standard InChI is InChI=1S/C14H11N3O5/c18-12-6-5-9(7-13(12)19)8-15-16-14(20)10-3-1-2-4-11(10)17(21)22/h1-8,18-19H,(H,16,20). The van der Waals surface area contributed by atoms with Gasteiger partial charge in [0.25, 0.3) is 11.6 Å². The van der Waals surface area contributed by atoms with Gasteiger partial charge in [0, 0.05) is 6.07 Å². The molecule has 0 saturated carbocycles. The molecule has 0 bridgehead atoms. The molecule has 0 fully saturated rings. The number of carbonyl (C=O) groups excluding carboxylic acids is 1. The predicted octanol–water partition coefficient (Wildman–Crippen LogP) is 1.77. The van der Waals surface area contributed by atoms with E-state index in [4.69, 9.17) is 5.11 Å². The van der Waals surface area contributed by atoms with E-state index in [1.54, 1.807) is 0 Å². The van der Waals surface area contributed by atoms with Crippen LogP contribution in [0.4, 0.5) is 5.69 Å². The van der Waals surface area contributed by atoms with Gasteiger partial charge in [-0.1, -0.05) is 12.1 Å². The van der Waals surface area contributed by atoms with Gasteiger partial charge in [0.15, 0.2) is 11.5 Å². The highest BCUT2D eigenvalue weighted by Crippen LogP contribution is 2.24. The number of nitrogens with one attached hydrogen (secondary N) is 1. The molecule has 0 aliphatic rings. The third-order valence-corrected chi connectivity index (χ3v) is 2.72. The predicted molar refractivity (Wildman–Crippen MR) is 77.9 cm³/mol. The van der Waals surface area contributed by atoms with E-state index in [1.807, 2.05) is 0 Å². The largest absolute Gasteiger partial charge is 0.504 e. The molecule has 8 nitrogen and oxygen atoms in total. The van der Waals surface area contributed by atoms with Gasteiger partial charge in [-0.05, 0) is 29.8 Å². The van der Waals surface area contributed by atoms with Crippen molar-refractivity contribution in [2.45, 2.75) is 0 Å². The van der Waals surface area contributed by atoms with Gasteiger partial charge >= 0.3 is 0 Å². The van der Waals surface area contributed by atoms with E-state index in [2.05, 4.69) is 10.5 Å². The Kier molecular flexibility index (Phi) is 4.33. The van der Waals surface area contributed by atoms with Crippen LogP contribution in [-0.4, -0.2) is 27.3 Å². The maximum Gasteiger partial charge on any atom is 0.282 e. The Morgan fingerprint density at radius 2 is 1.91 bits per heavy atom. The molecule has 1 amide bonds. The minimum Gasteiger partial charge on any atom is -0.504 e. The smallest absolute Gasteiger partial charge is 0.282 e. The van der Waals surface area contributed by atoms with Crippen molar-refractivity contribution < 1.29 is 19.9 Å². The third-order valence-electron chi connectivity index (χ3n) is 2.72. The van der Waals surface area contributed by atoms with Crippen LogP contribution in [0, 0.1) is 10.1 Å². The number of nitro groups is 1. The maximum atomic E-state index is 11.9. The quantitative estimate of drug-likeness (QED) is 0.343. The van der Waals surface area contributed by atoms with E-state index in [0.717, 1.165) is 0 Å². The van der Waals surface area contributed by atoms with Crippen molar-refractivity contribution in [2.75, 3.05) is 0 Å². The molecule has 0 aliphatic carbocycles. The Morgan fingerprint density at radius 3 is 2.59 bits per heavy atom. The topological polar surface area (TPSA) is 125 Å². The average molecular weight is 301 g/mol. The zero-order chi connectivity index (χ0) is 16.1. The fraction of sp³-hybridized carbons (Fsp3) is 0. The van der Waals surface area contributed by atoms with Gasteiger partial charge in [-0.25, -0.2) is 5.43 Å². The molecule has 0 aromatic heterocycles. The lowest BCUT2D eigenvalue weighted by Gasteiger charge is -2.01. The van der Waals surface area contributed by atoms with E-state index in [9.17, 15) is 20.0 Å². The van der Waals surface area contributed by atoms with Crippen molar-refractivity contribution in [3.63, 3.8) is 0 Å². The molecular weight excluding hydrogens is 290 g/mol. The normalized spacial score (nSPS) is 10.5. The third kappa shape index (κ3) is 3.37. The highest BCUT2D eigenvalue weighted by molar-refractivity contribution is 5.98. The van der Waals surface area contributed by atoms with Gasteiger partial charge in [-0.3, -0.25) is 14.9 Å². The molecular formula is C14H11N3O5. The second-order valence-electron chi connectivity index (χ2n) is 4.22. The lowest BCUT2D eigenvalue weighted by atomic mass is 10.2. The number of rotatable bonds is 4. The number of hydrazone groups is 1. The summed E-state index contributed by atoms with van der Waals surface area (Å²) in [7, 11) is 0. The first-order valence-corrected chi connectivity index (χ1v) is 6.08. The highest BCUT2D eigenvalue weighted by Gasteiger charge is 2.18. The molecule has 0 aliphatic heterocycles. The number of aromatic hydroxyl groups is 2. The van der Waals surface area contributed by atoms with Crippen molar-refractivity contribution >= 4 is 17.8 Å². The van der Waals surface area contributed by atoms with Crippen LogP contribution in [0.15, 0.2) is 47.6 Å². The number of nitro benzene ring substituents is 1. The number of para-hydroxylation sites is 1. The van der Waals surface area contributed by atoms with Crippen LogP contribution in [0.25, 0.3) is 0 Å². The summed E-state index contributed by atoms with van der Waals surface area (Å²) in [5, 5.41) is 32.9. The molecule has 2 aromatic rings. The minimum atomic E-state index is -0.730. The SMILES string of the molecule is O=C(NN=Cc1ccc(O)c(O)c1)c1ccccc1[N+](=O)[O-]. The van der Waals surface area contributed by atoms with Crippen LogP contribution < -0.4 is 5.43 Å². The zero-order valence-corrected chi connectivity index (χ0v) is 11.1. The number of nitrogens with zero attached hydrogens (tertiary/aromatic N) is 2. The molecule has 8 heteroatoms. The molecule has 0 heterocycles. The Hall–Kier alpha value is -3.42. The van der Waals surface area contributed by atoms with Crippen molar-refractivity contribution in [1.82, 2.24) is 5.43 Å². The zero-order valence-electron chi connectivity index (χ0n) is 11.1. The van der Waals surface area contributed by atoms with E-state index in [1.165, 1.54) is 48.7 Å². The number of hydrogen-bond acceptors (Lipinski definition) is 6. The second-order valence-corrected chi connectivity index (χ2v) is 4.22. The number of phenolic OH excluding ortho intramolecular Hbond substituents is 2. The number of hydrogen-bond donors (Lipinski definition) is 3. The van der Waals surface area contributed by atoms with Gasteiger partial charge in [0.2, 0.25) is 0 Å². The van der Waals surface area contributed by atoms with Crippen LogP contribution in [0.2, 0.25) is 0 Å². The number of benzene rings is 2. The summed E-state index contributed by atoms with van der Waals surface area (Å²) in [6.07, 6.45) is 1.23. The van der Waals surface area contributed by atoms with Gasteiger partial charge in [0.05, 0.1) is 11.1 Å². The first kappa shape index (κ1) is 15.0. The molecule has 0 atom stereocenters. The summed E-state index contributed by atoms with van der Waals surface area (Å²) in [6.45, 7) is 0. The van der Waals surface area contributed by atoms with Crippen molar-refractivity contribution in [1.29, 1.82) is 0 Å². The van der Waals surface area contributed by atoms with Crippen LogP contribution >= 0.6 is 0 Å². The van der Waals surface area contributed by atoms with Crippen LogP contribution in [0.5, 0.6) is 11.5 Å². The second kappa shape index (κ2) is 6.35. The van der Waals surface area contributed by atoms with E-state index in [0.29, 0.717) is 5.56 Å². The molecule has 112 valence electrons. The van der Waals surface area contributed by atoms with Crippen molar-refractivity contribution in [3.05, 3.63) is 63.7 Å². The monoisotopic (exact) mass is 301 g/mol. The van der Waals surface area contributed by atoms with Crippen molar-refractivity contribution in [3.8, 4) is 11.5 Å². The fourth-order valence-electron chi connectivity index (χ4n) is 1.67. The lowest BCUT2D eigenvalue weighted by Crippen LogP contribution is -2.18. The average Bonchev–Trinajstić information content (AvgIpc) is 2.50. The molecule has 3 N–H and O–H groups in total. The molecule has 0 saturated heterocycles. The van der Waals surface area contributed by atoms with Crippen LogP contribution in [-0.2, 0) is 0 Å². The number of phenols is 2. The van der Waals surface area contributed by atoms with Gasteiger partial charge in [-0.2, -0.15) is 5.10 Å². The molecule has 2 rings (SSSR count). The Balaban J connectivity index is 2.11. The Labute approximate surface area is 124 Å².